The van der Waals surface area contributed by atoms with Gasteiger partial charge >= 0.3 is 0 Å². The molecule has 0 bridgehead atoms. The van der Waals surface area contributed by atoms with Gasteiger partial charge in [0.25, 0.3) is 5.91 Å². The third-order valence-electron chi connectivity index (χ3n) is 2.29. The van der Waals surface area contributed by atoms with Crippen LogP contribution in [0, 0.1) is 6.92 Å². The molecule has 0 aliphatic heterocycles. The first kappa shape index (κ1) is 11.2. The summed E-state index contributed by atoms with van der Waals surface area (Å²) in [5.41, 5.74) is 0.888. The van der Waals surface area contributed by atoms with E-state index < -0.39 is 0 Å². The average Bonchev–Trinajstić information content (AvgIpc) is 2.74. The van der Waals surface area contributed by atoms with Crippen LogP contribution >= 0.6 is 0 Å². The predicted octanol–water partition coefficient (Wildman–Crippen LogP) is 1.62. The Morgan fingerprint density at radius 1 is 1.47 bits per heavy atom. The molecule has 0 radical (unpaired) electrons. The number of aromatic nitrogens is 1. The summed E-state index contributed by atoms with van der Waals surface area (Å²) in [7, 11) is 0. The number of nitrogens with one attached hydrogen (secondary N) is 1. The highest BCUT2D eigenvalue weighted by Crippen LogP contribution is 2.15. The minimum absolute atomic E-state index is 0.157. The lowest BCUT2D eigenvalue weighted by molar-refractivity contribution is 0.0941. The van der Waals surface area contributed by atoms with Crippen LogP contribution in [0.1, 0.15) is 21.8 Å². The summed E-state index contributed by atoms with van der Waals surface area (Å²) in [4.78, 5) is 11.6. The zero-order chi connectivity index (χ0) is 12.3. The summed E-state index contributed by atoms with van der Waals surface area (Å²) < 4.78 is 4.80. The second-order valence-corrected chi connectivity index (χ2v) is 3.63. The summed E-state index contributed by atoms with van der Waals surface area (Å²) in [5.74, 6) is 0.409. The van der Waals surface area contributed by atoms with Crippen LogP contribution in [-0.4, -0.2) is 16.2 Å². The van der Waals surface area contributed by atoms with Crippen LogP contribution < -0.4 is 5.32 Å². The van der Waals surface area contributed by atoms with Crippen molar-refractivity contribution >= 4 is 5.91 Å². The Kier molecular flexibility index (Phi) is 3.09. The van der Waals surface area contributed by atoms with Crippen LogP contribution in [0.15, 0.2) is 34.9 Å². The van der Waals surface area contributed by atoms with Crippen molar-refractivity contribution in [2.24, 2.45) is 0 Å². The van der Waals surface area contributed by atoms with E-state index in [1.54, 1.807) is 37.3 Å². The molecule has 88 valence electrons. The van der Waals surface area contributed by atoms with Crippen molar-refractivity contribution in [1.82, 2.24) is 10.5 Å². The van der Waals surface area contributed by atoms with Crippen molar-refractivity contribution in [2.75, 3.05) is 0 Å². The average molecular weight is 232 g/mol. The van der Waals surface area contributed by atoms with Gasteiger partial charge in [-0.15, -0.1) is 0 Å². The molecule has 17 heavy (non-hydrogen) atoms. The van der Waals surface area contributed by atoms with Crippen LogP contribution in [-0.2, 0) is 6.54 Å². The first-order valence-electron chi connectivity index (χ1n) is 5.15. The molecule has 5 heteroatoms. The number of aromatic hydroxyl groups is 1. The Labute approximate surface area is 98.1 Å². The van der Waals surface area contributed by atoms with E-state index in [4.69, 9.17) is 4.52 Å². The molecule has 1 amide bonds. The summed E-state index contributed by atoms with van der Waals surface area (Å²) >= 11 is 0. The van der Waals surface area contributed by atoms with Crippen LogP contribution in [0.4, 0.5) is 0 Å². The SMILES string of the molecule is Cc1cc(C(=O)NCc2ccccc2O)no1. The number of rotatable bonds is 3. The fourth-order valence-electron chi connectivity index (χ4n) is 1.40. The summed E-state index contributed by atoms with van der Waals surface area (Å²) in [6, 6.07) is 8.38. The zero-order valence-electron chi connectivity index (χ0n) is 9.30. The van der Waals surface area contributed by atoms with Crippen LogP contribution in [0.5, 0.6) is 5.75 Å². The van der Waals surface area contributed by atoms with E-state index in [0.29, 0.717) is 11.3 Å². The lowest BCUT2D eigenvalue weighted by Gasteiger charge is -2.04. The molecule has 1 aromatic heterocycles. The molecular formula is C12H12N2O3. The van der Waals surface area contributed by atoms with E-state index in [1.807, 2.05) is 0 Å². The quantitative estimate of drug-likeness (QED) is 0.843. The molecule has 1 aromatic carbocycles. The maximum atomic E-state index is 11.6. The fourth-order valence-corrected chi connectivity index (χ4v) is 1.40. The van der Waals surface area contributed by atoms with Gasteiger partial charge in [0.1, 0.15) is 11.5 Å². The van der Waals surface area contributed by atoms with E-state index in [-0.39, 0.29) is 23.9 Å². The highest BCUT2D eigenvalue weighted by Gasteiger charge is 2.10. The van der Waals surface area contributed by atoms with Crippen LogP contribution in [0.25, 0.3) is 0 Å². The van der Waals surface area contributed by atoms with Gasteiger partial charge in [0, 0.05) is 18.2 Å². The van der Waals surface area contributed by atoms with Gasteiger partial charge in [0.05, 0.1) is 0 Å². The van der Waals surface area contributed by atoms with Crippen LogP contribution in [0.2, 0.25) is 0 Å². The van der Waals surface area contributed by atoms with Gasteiger partial charge in [-0.3, -0.25) is 4.79 Å². The summed E-state index contributed by atoms with van der Waals surface area (Å²) in [6.07, 6.45) is 0. The standard InChI is InChI=1S/C12H12N2O3/c1-8-6-10(14-17-8)12(16)13-7-9-4-2-3-5-11(9)15/h2-6,15H,7H2,1H3,(H,13,16). The highest BCUT2D eigenvalue weighted by atomic mass is 16.5. The molecule has 2 N–H and O–H groups in total. The number of para-hydroxylation sites is 1. The van der Waals surface area contributed by atoms with Crippen molar-refractivity contribution in [3.63, 3.8) is 0 Å². The first-order valence-corrected chi connectivity index (χ1v) is 5.15. The molecule has 2 aromatic rings. The minimum Gasteiger partial charge on any atom is -0.508 e. The Morgan fingerprint density at radius 2 is 2.24 bits per heavy atom. The molecule has 0 atom stereocenters. The number of hydrogen-bond acceptors (Lipinski definition) is 4. The maximum Gasteiger partial charge on any atom is 0.273 e. The van der Waals surface area contributed by atoms with Gasteiger partial charge in [-0.1, -0.05) is 23.4 Å². The number of carbonyl (C=O) groups excluding carboxylic acids is 1. The molecule has 1 heterocycles. The fraction of sp³-hybridized carbons (Fsp3) is 0.167. The van der Waals surface area contributed by atoms with E-state index in [0.717, 1.165) is 0 Å². The molecule has 0 saturated heterocycles. The third kappa shape index (κ3) is 2.63. The molecule has 0 spiro atoms. The lowest BCUT2D eigenvalue weighted by Crippen LogP contribution is -2.23. The number of amides is 1. The van der Waals surface area contributed by atoms with E-state index in [9.17, 15) is 9.90 Å². The minimum atomic E-state index is -0.329. The molecule has 5 nitrogen and oxygen atoms in total. The smallest absolute Gasteiger partial charge is 0.273 e. The Bertz CT molecular complexity index is 534. The van der Waals surface area contributed by atoms with Crippen molar-refractivity contribution in [1.29, 1.82) is 0 Å². The summed E-state index contributed by atoms with van der Waals surface area (Å²) in [5, 5.41) is 15.8. The van der Waals surface area contributed by atoms with Crippen LogP contribution in [0.3, 0.4) is 0 Å². The Morgan fingerprint density at radius 3 is 2.88 bits per heavy atom. The van der Waals surface area contributed by atoms with Gasteiger partial charge in [-0.05, 0) is 13.0 Å². The molecule has 0 aliphatic carbocycles. The second kappa shape index (κ2) is 4.69. The van der Waals surface area contributed by atoms with Crippen molar-refractivity contribution in [2.45, 2.75) is 13.5 Å². The van der Waals surface area contributed by atoms with Gasteiger partial charge in [-0.25, -0.2) is 0 Å². The monoisotopic (exact) mass is 232 g/mol. The van der Waals surface area contributed by atoms with Gasteiger partial charge in [0.15, 0.2) is 5.69 Å². The third-order valence-corrected chi connectivity index (χ3v) is 2.29. The van der Waals surface area contributed by atoms with Crippen molar-refractivity contribution in [3.05, 3.63) is 47.3 Å². The molecule has 2 rings (SSSR count). The molecule has 0 aliphatic rings. The van der Waals surface area contributed by atoms with Crippen molar-refractivity contribution < 1.29 is 14.4 Å². The maximum absolute atomic E-state index is 11.6. The molecule has 0 saturated carbocycles. The Balaban J connectivity index is 1.99. The number of benzene rings is 1. The van der Waals surface area contributed by atoms with Crippen molar-refractivity contribution in [3.8, 4) is 5.75 Å². The van der Waals surface area contributed by atoms with Gasteiger partial charge < -0.3 is 14.9 Å². The largest absolute Gasteiger partial charge is 0.508 e. The normalized spacial score (nSPS) is 10.2. The number of nitrogens with zero attached hydrogens (tertiary/aromatic N) is 1. The summed E-state index contributed by atoms with van der Waals surface area (Å²) in [6.45, 7) is 1.96. The molecule has 0 fully saturated rings. The number of phenolic OH excluding ortho intramolecular Hbond substituents is 1. The highest BCUT2D eigenvalue weighted by molar-refractivity contribution is 5.92. The number of hydrogen-bond donors (Lipinski definition) is 2. The van der Waals surface area contributed by atoms with Gasteiger partial charge in [-0.2, -0.15) is 0 Å². The van der Waals surface area contributed by atoms with E-state index >= 15 is 0 Å². The molecule has 0 unspecified atom stereocenters. The topological polar surface area (TPSA) is 75.4 Å². The zero-order valence-corrected chi connectivity index (χ0v) is 9.30. The number of carbonyl (C=O) groups is 1. The predicted molar refractivity (Wildman–Crippen MR) is 60.5 cm³/mol. The Hall–Kier alpha value is -2.30. The van der Waals surface area contributed by atoms with Gasteiger partial charge in [0.2, 0.25) is 0 Å². The molecular weight excluding hydrogens is 220 g/mol. The van der Waals surface area contributed by atoms with E-state index in [1.165, 1.54) is 0 Å². The lowest BCUT2D eigenvalue weighted by atomic mass is 10.2. The van der Waals surface area contributed by atoms with E-state index in [2.05, 4.69) is 10.5 Å². The number of aryl methyl sites for hydroxylation is 1. The number of phenols is 1. The first-order chi connectivity index (χ1) is 8.16. The second-order valence-electron chi connectivity index (χ2n) is 3.63.